The summed E-state index contributed by atoms with van der Waals surface area (Å²) in [6.07, 6.45) is 1.40. The van der Waals surface area contributed by atoms with E-state index < -0.39 is 29.7 Å². The molecule has 0 aliphatic carbocycles. The van der Waals surface area contributed by atoms with Crippen LogP contribution >= 0.6 is 0 Å². The Hall–Kier alpha value is -2.78. The molecule has 0 aromatic heterocycles. The standard InChI is InChI=1S/C28H41N3O10/c29-8-10-37-12-14-39-16-18-41-20-19-40-17-15-38-13-11-36-9-2-4-21-3-1-5-22-25(21)28(35)31(27(22)34)23-6-7-24(32)30-26(23)33/h1,3,5,23H,2,4,6-20,29H2,(H,30,32,33). The molecule has 41 heavy (non-hydrogen) atoms. The van der Waals surface area contributed by atoms with E-state index in [1.54, 1.807) is 18.2 Å². The predicted octanol–water partition coefficient (Wildman–Crippen LogP) is 0.0787. The van der Waals surface area contributed by atoms with Crippen LogP contribution in [0.25, 0.3) is 0 Å². The number of aryl methyl sites for hydroxylation is 1. The lowest BCUT2D eigenvalue weighted by Crippen LogP contribution is -2.54. The molecule has 1 unspecified atom stereocenters. The zero-order valence-corrected chi connectivity index (χ0v) is 23.4. The molecular formula is C28H41N3O10. The summed E-state index contributed by atoms with van der Waals surface area (Å²) < 4.78 is 32.5. The molecule has 3 rings (SSSR count). The van der Waals surface area contributed by atoms with E-state index in [1.807, 2.05) is 0 Å². The second-order valence-electron chi connectivity index (χ2n) is 9.35. The van der Waals surface area contributed by atoms with Crippen LogP contribution in [0.15, 0.2) is 18.2 Å². The van der Waals surface area contributed by atoms with Crippen molar-refractivity contribution in [3.63, 3.8) is 0 Å². The van der Waals surface area contributed by atoms with E-state index in [4.69, 9.17) is 34.2 Å². The Morgan fingerprint density at radius 1 is 0.732 bits per heavy atom. The van der Waals surface area contributed by atoms with Crippen molar-refractivity contribution in [3.8, 4) is 0 Å². The number of nitrogens with one attached hydrogen (secondary N) is 1. The van der Waals surface area contributed by atoms with Crippen LogP contribution in [-0.2, 0) is 44.4 Å². The van der Waals surface area contributed by atoms with Gasteiger partial charge in [-0.3, -0.25) is 29.4 Å². The van der Waals surface area contributed by atoms with Gasteiger partial charge in [-0.2, -0.15) is 0 Å². The molecule has 1 saturated heterocycles. The van der Waals surface area contributed by atoms with Crippen LogP contribution in [0.4, 0.5) is 0 Å². The minimum absolute atomic E-state index is 0.0872. The van der Waals surface area contributed by atoms with E-state index in [-0.39, 0.29) is 18.4 Å². The van der Waals surface area contributed by atoms with Gasteiger partial charge in [-0.05, 0) is 30.9 Å². The number of nitrogens with two attached hydrogens (primary N) is 1. The van der Waals surface area contributed by atoms with Crippen molar-refractivity contribution in [1.29, 1.82) is 0 Å². The Morgan fingerprint density at radius 2 is 1.27 bits per heavy atom. The third-order valence-corrected chi connectivity index (χ3v) is 6.41. The van der Waals surface area contributed by atoms with Crippen LogP contribution < -0.4 is 11.1 Å². The lowest BCUT2D eigenvalue weighted by Gasteiger charge is -2.27. The summed E-state index contributed by atoms with van der Waals surface area (Å²) in [5.74, 6) is -2.01. The number of fused-ring (bicyclic) bond motifs is 1. The molecule has 0 saturated carbocycles. The van der Waals surface area contributed by atoms with Gasteiger partial charge in [-0.25, -0.2) is 0 Å². The normalized spacial score (nSPS) is 16.9. The van der Waals surface area contributed by atoms with Gasteiger partial charge in [-0.1, -0.05) is 12.1 Å². The van der Waals surface area contributed by atoms with Crippen molar-refractivity contribution in [2.75, 3.05) is 85.8 Å². The minimum atomic E-state index is -0.974. The first-order valence-corrected chi connectivity index (χ1v) is 14.0. The van der Waals surface area contributed by atoms with Crippen LogP contribution in [0.2, 0.25) is 0 Å². The third-order valence-electron chi connectivity index (χ3n) is 6.41. The van der Waals surface area contributed by atoms with Crippen LogP contribution in [0.3, 0.4) is 0 Å². The molecule has 1 aromatic rings. The molecule has 0 spiro atoms. The van der Waals surface area contributed by atoms with Gasteiger partial charge in [0.1, 0.15) is 6.04 Å². The number of hydrogen-bond acceptors (Lipinski definition) is 11. The van der Waals surface area contributed by atoms with Gasteiger partial charge < -0.3 is 34.2 Å². The summed E-state index contributed by atoms with van der Waals surface area (Å²) in [4.78, 5) is 50.8. The number of piperidine rings is 1. The third kappa shape index (κ3) is 10.5. The van der Waals surface area contributed by atoms with Gasteiger partial charge in [0.05, 0.1) is 83.8 Å². The monoisotopic (exact) mass is 579 g/mol. The lowest BCUT2D eigenvalue weighted by atomic mass is 9.99. The SMILES string of the molecule is NCCOCCOCCOCCOCCOCCOCCCc1cccc2c1C(=O)N(C1CCC(=O)NC1=O)C2=O. The molecule has 13 heteroatoms. The van der Waals surface area contributed by atoms with Crippen molar-refractivity contribution in [2.45, 2.75) is 31.7 Å². The maximum absolute atomic E-state index is 13.1. The number of hydrogen-bond donors (Lipinski definition) is 2. The van der Waals surface area contributed by atoms with Gasteiger partial charge in [0.15, 0.2) is 0 Å². The highest BCUT2D eigenvalue weighted by Gasteiger charge is 2.45. The second-order valence-corrected chi connectivity index (χ2v) is 9.35. The first-order valence-electron chi connectivity index (χ1n) is 14.0. The molecule has 1 atom stereocenters. The van der Waals surface area contributed by atoms with Crippen molar-refractivity contribution < 1.29 is 47.6 Å². The fourth-order valence-corrected chi connectivity index (χ4v) is 4.44. The summed E-state index contributed by atoms with van der Waals surface area (Å²) in [7, 11) is 0. The first-order chi connectivity index (χ1) is 20.0. The fraction of sp³-hybridized carbons (Fsp3) is 0.643. The van der Waals surface area contributed by atoms with Crippen LogP contribution in [0.1, 0.15) is 45.5 Å². The van der Waals surface area contributed by atoms with Gasteiger partial charge in [0.2, 0.25) is 11.8 Å². The number of carbonyl (C=O) groups is 4. The quantitative estimate of drug-likeness (QED) is 0.141. The molecule has 228 valence electrons. The van der Waals surface area contributed by atoms with Gasteiger partial charge in [0, 0.05) is 19.6 Å². The van der Waals surface area contributed by atoms with Gasteiger partial charge >= 0.3 is 0 Å². The van der Waals surface area contributed by atoms with Gasteiger partial charge in [0.25, 0.3) is 11.8 Å². The lowest BCUT2D eigenvalue weighted by molar-refractivity contribution is -0.136. The molecule has 13 nitrogen and oxygen atoms in total. The van der Waals surface area contributed by atoms with Crippen LogP contribution in [0, 0.1) is 0 Å². The topological polar surface area (TPSA) is 165 Å². The van der Waals surface area contributed by atoms with Crippen molar-refractivity contribution >= 4 is 23.6 Å². The van der Waals surface area contributed by atoms with Gasteiger partial charge in [-0.15, -0.1) is 0 Å². The molecule has 3 N–H and O–H groups in total. The highest BCUT2D eigenvalue weighted by Crippen LogP contribution is 2.30. The second kappa shape index (κ2) is 18.6. The smallest absolute Gasteiger partial charge is 0.262 e. The number of ether oxygens (including phenoxy) is 6. The molecule has 2 aliphatic rings. The molecule has 2 heterocycles. The molecule has 1 fully saturated rings. The molecular weight excluding hydrogens is 538 g/mol. The predicted molar refractivity (Wildman–Crippen MR) is 145 cm³/mol. The highest BCUT2D eigenvalue weighted by molar-refractivity contribution is 6.24. The number of amides is 4. The van der Waals surface area contributed by atoms with E-state index in [9.17, 15) is 19.2 Å². The largest absolute Gasteiger partial charge is 0.379 e. The fourth-order valence-electron chi connectivity index (χ4n) is 4.44. The maximum Gasteiger partial charge on any atom is 0.262 e. The number of carbonyl (C=O) groups excluding carboxylic acids is 4. The van der Waals surface area contributed by atoms with Crippen molar-refractivity contribution in [1.82, 2.24) is 10.2 Å². The van der Waals surface area contributed by atoms with Crippen LogP contribution in [0.5, 0.6) is 0 Å². The highest BCUT2D eigenvalue weighted by atomic mass is 16.6. The summed E-state index contributed by atoms with van der Waals surface area (Å²) in [5.41, 5.74) is 6.67. The Bertz CT molecular complexity index is 1010. The number of rotatable bonds is 22. The summed E-state index contributed by atoms with van der Waals surface area (Å²) in [6.45, 7) is 6.28. The van der Waals surface area contributed by atoms with Crippen molar-refractivity contribution in [2.24, 2.45) is 5.73 Å². The molecule has 4 amide bonds. The summed E-state index contributed by atoms with van der Waals surface area (Å²) >= 11 is 0. The summed E-state index contributed by atoms with van der Waals surface area (Å²) in [6, 6.07) is 4.16. The number of nitrogens with zero attached hydrogens (tertiary/aromatic N) is 1. The Balaban J connectivity index is 1.19. The Labute approximate surface area is 239 Å². The van der Waals surface area contributed by atoms with E-state index in [2.05, 4.69) is 5.32 Å². The first kappa shape index (κ1) is 32.7. The molecule has 0 bridgehead atoms. The number of imide groups is 2. The van der Waals surface area contributed by atoms with Crippen LogP contribution in [-0.4, -0.2) is 120 Å². The average Bonchev–Trinajstić information content (AvgIpc) is 3.22. The average molecular weight is 580 g/mol. The van der Waals surface area contributed by atoms with Crippen molar-refractivity contribution in [3.05, 3.63) is 34.9 Å². The Morgan fingerprint density at radius 3 is 1.80 bits per heavy atom. The minimum Gasteiger partial charge on any atom is -0.379 e. The zero-order valence-electron chi connectivity index (χ0n) is 23.4. The van der Waals surface area contributed by atoms with E-state index >= 15 is 0 Å². The van der Waals surface area contributed by atoms with E-state index in [1.165, 1.54) is 0 Å². The van der Waals surface area contributed by atoms with E-state index in [0.29, 0.717) is 104 Å². The van der Waals surface area contributed by atoms with E-state index in [0.717, 1.165) is 10.5 Å². The Kier molecular flexibility index (Phi) is 14.9. The zero-order chi connectivity index (χ0) is 29.3. The number of benzene rings is 1. The summed E-state index contributed by atoms with van der Waals surface area (Å²) in [5, 5.41) is 2.21. The molecule has 1 aromatic carbocycles. The molecule has 0 radical (unpaired) electrons. The molecule has 2 aliphatic heterocycles. The maximum atomic E-state index is 13.1.